The lowest BCUT2D eigenvalue weighted by molar-refractivity contribution is -0.138. The second kappa shape index (κ2) is 8.18. The molecule has 1 aliphatic carbocycles. The molecular weight excluding hydrogens is 335 g/mol. The highest BCUT2D eigenvalue weighted by molar-refractivity contribution is 5.92. The van der Waals surface area contributed by atoms with E-state index in [0.29, 0.717) is 25.2 Å². The summed E-state index contributed by atoms with van der Waals surface area (Å²) in [6.45, 7) is 4.92. The van der Waals surface area contributed by atoms with Gasteiger partial charge in [-0.15, -0.1) is 0 Å². The molecule has 2 amide bonds. The van der Waals surface area contributed by atoms with Crippen molar-refractivity contribution in [1.29, 1.82) is 0 Å². The second-order valence-electron chi connectivity index (χ2n) is 7.91. The fourth-order valence-electron chi connectivity index (χ4n) is 3.89. The molecule has 144 valence electrons. The van der Waals surface area contributed by atoms with Crippen LogP contribution in [0, 0.1) is 5.92 Å². The van der Waals surface area contributed by atoms with Gasteiger partial charge in [-0.1, -0.05) is 33.1 Å². The molecule has 7 heteroatoms. The number of aromatic amines is 1. The summed E-state index contributed by atoms with van der Waals surface area (Å²) in [5.41, 5.74) is 1.26. The van der Waals surface area contributed by atoms with Crippen LogP contribution in [-0.4, -0.2) is 52.2 Å². The third-order valence-electron chi connectivity index (χ3n) is 5.59. The summed E-state index contributed by atoms with van der Waals surface area (Å²) in [6, 6.07) is 1.60. The van der Waals surface area contributed by atoms with Crippen molar-refractivity contribution in [2.45, 2.75) is 70.5 Å². The van der Waals surface area contributed by atoms with E-state index < -0.39 is 12.1 Å². The van der Waals surface area contributed by atoms with Crippen molar-refractivity contribution < 1.29 is 14.0 Å². The summed E-state index contributed by atoms with van der Waals surface area (Å²) < 4.78 is 14.6. The lowest BCUT2D eigenvalue weighted by Gasteiger charge is -2.27. The minimum absolute atomic E-state index is 0.136. The molecule has 2 unspecified atom stereocenters. The van der Waals surface area contributed by atoms with E-state index in [1.54, 1.807) is 11.0 Å². The van der Waals surface area contributed by atoms with Crippen LogP contribution in [0.2, 0.25) is 0 Å². The van der Waals surface area contributed by atoms with Crippen LogP contribution in [0.3, 0.4) is 0 Å². The zero-order chi connectivity index (χ0) is 18.7. The number of likely N-dealkylation sites (tertiary alicyclic amines) is 1. The highest BCUT2D eigenvalue weighted by atomic mass is 19.1. The Morgan fingerprint density at radius 1 is 1.27 bits per heavy atom. The van der Waals surface area contributed by atoms with Crippen LogP contribution >= 0.6 is 0 Å². The van der Waals surface area contributed by atoms with Gasteiger partial charge in [-0.2, -0.15) is 5.10 Å². The summed E-state index contributed by atoms with van der Waals surface area (Å²) in [4.78, 5) is 26.3. The number of carbonyl (C=O) groups excluding carboxylic acids is 2. The van der Waals surface area contributed by atoms with Crippen molar-refractivity contribution >= 4 is 11.8 Å². The van der Waals surface area contributed by atoms with Gasteiger partial charge < -0.3 is 10.2 Å². The van der Waals surface area contributed by atoms with Gasteiger partial charge in [0.1, 0.15) is 5.69 Å². The molecule has 0 bridgehead atoms. The van der Waals surface area contributed by atoms with Crippen LogP contribution in [0.15, 0.2) is 6.07 Å². The quantitative estimate of drug-likeness (QED) is 0.843. The van der Waals surface area contributed by atoms with Gasteiger partial charge in [-0.3, -0.25) is 14.7 Å². The van der Waals surface area contributed by atoms with E-state index in [9.17, 15) is 14.0 Å². The molecule has 1 saturated heterocycles. The summed E-state index contributed by atoms with van der Waals surface area (Å²) in [7, 11) is 0. The number of carbonyl (C=O) groups is 2. The van der Waals surface area contributed by atoms with E-state index in [1.165, 1.54) is 0 Å². The smallest absolute Gasteiger partial charge is 0.272 e. The van der Waals surface area contributed by atoms with Gasteiger partial charge in [0.05, 0.1) is 0 Å². The van der Waals surface area contributed by atoms with Gasteiger partial charge >= 0.3 is 0 Å². The standard InChI is InChI=1S/C19H29FN4O2/c1-12(2)15-10-16(23-22-15)18(25)21-14-8-9-24(11-14)19(26)17(20)13-6-4-3-5-7-13/h10,12-14,17H,3-9,11H2,1-2H3,(H,21,25)(H,22,23). The Morgan fingerprint density at radius 2 is 2.00 bits per heavy atom. The predicted molar refractivity (Wildman–Crippen MR) is 96.6 cm³/mol. The van der Waals surface area contributed by atoms with Crippen LogP contribution in [-0.2, 0) is 4.79 Å². The first-order chi connectivity index (χ1) is 12.5. The zero-order valence-corrected chi connectivity index (χ0v) is 15.6. The fraction of sp³-hybridized carbons (Fsp3) is 0.737. The molecule has 6 nitrogen and oxygen atoms in total. The lowest BCUT2D eigenvalue weighted by Crippen LogP contribution is -2.42. The lowest BCUT2D eigenvalue weighted by atomic mass is 9.85. The molecule has 1 aromatic heterocycles. The zero-order valence-electron chi connectivity index (χ0n) is 15.6. The Labute approximate surface area is 153 Å². The monoisotopic (exact) mass is 364 g/mol. The first-order valence-corrected chi connectivity index (χ1v) is 9.74. The Balaban J connectivity index is 1.51. The van der Waals surface area contributed by atoms with E-state index in [0.717, 1.165) is 37.8 Å². The third kappa shape index (κ3) is 4.24. The molecule has 1 aromatic rings. The van der Waals surface area contributed by atoms with Crippen molar-refractivity contribution in [3.63, 3.8) is 0 Å². The molecule has 2 aliphatic rings. The number of hydrogen-bond acceptors (Lipinski definition) is 3. The molecular formula is C19H29FN4O2. The number of rotatable bonds is 5. The number of aromatic nitrogens is 2. The van der Waals surface area contributed by atoms with Gasteiger partial charge in [0.2, 0.25) is 0 Å². The SMILES string of the molecule is CC(C)c1cc(C(=O)NC2CCN(C(=O)C(F)C3CCCCC3)C2)n[nH]1. The molecule has 1 aliphatic heterocycles. The molecule has 0 aromatic carbocycles. The van der Waals surface area contributed by atoms with Crippen molar-refractivity contribution in [3.05, 3.63) is 17.5 Å². The topological polar surface area (TPSA) is 78.1 Å². The number of alkyl halides is 1. The minimum atomic E-state index is -1.40. The van der Waals surface area contributed by atoms with E-state index in [1.807, 2.05) is 13.8 Å². The average Bonchev–Trinajstić information content (AvgIpc) is 3.31. The molecule has 2 heterocycles. The second-order valence-corrected chi connectivity index (χ2v) is 7.91. The molecule has 3 rings (SSSR count). The van der Waals surface area contributed by atoms with E-state index >= 15 is 0 Å². The van der Waals surface area contributed by atoms with Gasteiger partial charge in [0, 0.05) is 24.8 Å². The number of amides is 2. The predicted octanol–water partition coefficient (Wildman–Crippen LogP) is 2.78. The maximum absolute atomic E-state index is 14.6. The molecule has 1 saturated carbocycles. The first-order valence-electron chi connectivity index (χ1n) is 9.74. The number of nitrogens with one attached hydrogen (secondary N) is 2. The van der Waals surface area contributed by atoms with E-state index in [-0.39, 0.29) is 23.8 Å². The maximum Gasteiger partial charge on any atom is 0.272 e. The molecule has 2 atom stereocenters. The van der Waals surface area contributed by atoms with Crippen LogP contribution in [0.25, 0.3) is 0 Å². The Morgan fingerprint density at radius 3 is 2.65 bits per heavy atom. The van der Waals surface area contributed by atoms with Crippen LogP contribution in [0.1, 0.15) is 74.5 Å². The average molecular weight is 364 g/mol. The summed E-state index contributed by atoms with van der Waals surface area (Å²) >= 11 is 0. The summed E-state index contributed by atoms with van der Waals surface area (Å²) in [5.74, 6) is -0.527. The largest absolute Gasteiger partial charge is 0.346 e. The van der Waals surface area contributed by atoms with Gasteiger partial charge in [0.25, 0.3) is 11.8 Å². The number of halogens is 1. The number of H-pyrrole nitrogens is 1. The Hall–Kier alpha value is -1.92. The highest BCUT2D eigenvalue weighted by Crippen LogP contribution is 2.29. The summed E-state index contributed by atoms with van der Waals surface area (Å²) in [6.07, 6.45) is 4.02. The fourth-order valence-corrected chi connectivity index (χ4v) is 3.89. The molecule has 2 fully saturated rings. The van der Waals surface area contributed by atoms with Crippen molar-refractivity contribution in [3.8, 4) is 0 Å². The Kier molecular flexibility index (Phi) is 5.94. The molecule has 0 radical (unpaired) electrons. The summed E-state index contributed by atoms with van der Waals surface area (Å²) in [5, 5.41) is 9.82. The van der Waals surface area contributed by atoms with E-state index in [4.69, 9.17) is 0 Å². The van der Waals surface area contributed by atoms with E-state index in [2.05, 4.69) is 15.5 Å². The number of nitrogens with zero attached hydrogens (tertiary/aromatic N) is 2. The normalized spacial score (nSPS) is 22.6. The van der Waals surface area contributed by atoms with Crippen LogP contribution in [0.4, 0.5) is 4.39 Å². The first kappa shape index (κ1) is 18.9. The van der Waals surface area contributed by atoms with Gasteiger partial charge in [-0.25, -0.2) is 4.39 Å². The highest BCUT2D eigenvalue weighted by Gasteiger charge is 2.36. The molecule has 26 heavy (non-hydrogen) atoms. The third-order valence-corrected chi connectivity index (χ3v) is 5.59. The van der Waals surface area contributed by atoms with Gasteiger partial charge in [0.15, 0.2) is 6.17 Å². The molecule has 0 spiro atoms. The van der Waals surface area contributed by atoms with Crippen molar-refractivity contribution in [2.75, 3.05) is 13.1 Å². The van der Waals surface area contributed by atoms with Crippen LogP contribution in [0.5, 0.6) is 0 Å². The maximum atomic E-state index is 14.6. The minimum Gasteiger partial charge on any atom is -0.346 e. The number of hydrogen-bond donors (Lipinski definition) is 2. The van der Waals surface area contributed by atoms with Crippen molar-refractivity contribution in [2.24, 2.45) is 5.92 Å². The Bertz CT molecular complexity index is 639. The molecule has 2 N–H and O–H groups in total. The van der Waals surface area contributed by atoms with Crippen molar-refractivity contribution in [1.82, 2.24) is 20.4 Å². The van der Waals surface area contributed by atoms with Gasteiger partial charge in [-0.05, 0) is 37.2 Å². The van der Waals surface area contributed by atoms with Crippen LogP contribution < -0.4 is 5.32 Å².